The summed E-state index contributed by atoms with van der Waals surface area (Å²) in [6, 6.07) is 5.75. The van der Waals surface area contributed by atoms with Gasteiger partial charge in [0.1, 0.15) is 10.8 Å². The SMILES string of the molecule is Cc1cc(CSc2ncccc2C(=O)NCC(C)N2CCOCC2)no1. The van der Waals surface area contributed by atoms with Crippen LogP contribution in [0.5, 0.6) is 0 Å². The van der Waals surface area contributed by atoms with Crippen molar-refractivity contribution in [2.45, 2.75) is 30.7 Å². The van der Waals surface area contributed by atoms with E-state index in [1.165, 1.54) is 11.8 Å². The summed E-state index contributed by atoms with van der Waals surface area (Å²) in [6.07, 6.45) is 1.70. The van der Waals surface area contributed by atoms with Crippen molar-refractivity contribution >= 4 is 17.7 Å². The van der Waals surface area contributed by atoms with E-state index in [1.54, 1.807) is 18.3 Å². The Morgan fingerprint density at radius 3 is 2.96 bits per heavy atom. The normalized spacial score (nSPS) is 16.4. The molecule has 3 rings (SSSR count). The summed E-state index contributed by atoms with van der Waals surface area (Å²) >= 11 is 1.48. The molecule has 1 N–H and O–H groups in total. The molecule has 0 aliphatic carbocycles. The monoisotopic (exact) mass is 376 g/mol. The van der Waals surface area contributed by atoms with Crippen molar-refractivity contribution in [2.75, 3.05) is 32.8 Å². The van der Waals surface area contributed by atoms with Gasteiger partial charge in [-0.25, -0.2) is 4.98 Å². The summed E-state index contributed by atoms with van der Waals surface area (Å²) in [7, 11) is 0. The number of ether oxygens (including phenoxy) is 1. The molecule has 0 aromatic carbocycles. The molecule has 0 saturated carbocycles. The molecule has 1 amide bonds. The fraction of sp³-hybridized carbons (Fsp3) is 0.500. The molecule has 1 saturated heterocycles. The van der Waals surface area contributed by atoms with Crippen LogP contribution in [0.3, 0.4) is 0 Å². The van der Waals surface area contributed by atoms with Crippen LogP contribution >= 0.6 is 11.8 Å². The second-order valence-electron chi connectivity index (χ2n) is 6.28. The highest BCUT2D eigenvalue weighted by molar-refractivity contribution is 7.98. The third kappa shape index (κ3) is 5.06. The van der Waals surface area contributed by atoms with Gasteiger partial charge in [-0.2, -0.15) is 0 Å². The highest BCUT2D eigenvalue weighted by atomic mass is 32.2. The van der Waals surface area contributed by atoms with Gasteiger partial charge in [0.2, 0.25) is 0 Å². The lowest BCUT2D eigenvalue weighted by molar-refractivity contribution is 0.0204. The first-order chi connectivity index (χ1) is 12.6. The van der Waals surface area contributed by atoms with E-state index in [0.29, 0.717) is 22.9 Å². The van der Waals surface area contributed by atoms with Crippen LogP contribution in [0.2, 0.25) is 0 Å². The van der Waals surface area contributed by atoms with Crippen molar-refractivity contribution in [2.24, 2.45) is 0 Å². The molecule has 1 aliphatic heterocycles. The molecule has 1 fully saturated rings. The van der Waals surface area contributed by atoms with Crippen LogP contribution in [0.1, 0.15) is 28.7 Å². The summed E-state index contributed by atoms with van der Waals surface area (Å²) in [4.78, 5) is 19.3. The number of nitrogens with one attached hydrogen (secondary N) is 1. The Morgan fingerprint density at radius 1 is 1.42 bits per heavy atom. The van der Waals surface area contributed by atoms with Gasteiger partial charge in [0.05, 0.1) is 24.5 Å². The van der Waals surface area contributed by atoms with Gasteiger partial charge >= 0.3 is 0 Å². The zero-order valence-electron chi connectivity index (χ0n) is 15.1. The summed E-state index contributed by atoms with van der Waals surface area (Å²) in [5, 5.41) is 7.71. The number of aromatic nitrogens is 2. The maximum Gasteiger partial charge on any atom is 0.254 e. The minimum absolute atomic E-state index is 0.1000. The average Bonchev–Trinajstić information content (AvgIpc) is 3.10. The topological polar surface area (TPSA) is 80.5 Å². The first kappa shape index (κ1) is 18.9. The van der Waals surface area contributed by atoms with E-state index >= 15 is 0 Å². The van der Waals surface area contributed by atoms with Gasteiger partial charge in [-0.3, -0.25) is 9.69 Å². The Balaban J connectivity index is 1.56. The number of morpholine rings is 1. The Kier molecular flexibility index (Phi) is 6.65. The van der Waals surface area contributed by atoms with Crippen LogP contribution in [0, 0.1) is 6.92 Å². The summed E-state index contributed by atoms with van der Waals surface area (Å²) in [5.74, 6) is 1.28. The predicted octanol–water partition coefficient (Wildman–Crippen LogP) is 2.12. The number of thioether (sulfide) groups is 1. The van der Waals surface area contributed by atoms with Crippen molar-refractivity contribution in [3.05, 3.63) is 41.4 Å². The number of hydrogen-bond donors (Lipinski definition) is 1. The predicted molar refractivity (Wildman–Crippen MR) is 99.2 cm³/mol. The molecular weight excluding hydrogens is 352 g/mol. The standard InChI is InChI=1S/C18H24N4O3S/c1-13(22-6-8-24-9-7-22)11-20-17(23)16-4-3-5-19-18(16)26-12-15-10-14(2)25-21-15/h3-5,10,13H,6-9,11-12H2,1-2H3,(H,20,23). The van der Waals surface area contributed by atoms with Crippen molar-refractivity contribution < 1.29 is 14.1 Å². The number of carbonyl (C=O) groups is 1. The molecule has 2 aromatic heterocycles. The highest BCUT2D eigenvalue weighted by Gasteiger charge is 2.19. The second-order valence-corrected chi connectivity index (χ2v) is 7.25. The fourth-order valence-corrected chi connectivity index (χ4v) is 3.66. The van der Waals surface area contributed by atoms with E-state index < -0.39 is 0 Å². The zero-order valence-corrected chi connectivity index (χ0v) is 15.9. The molecular formula is C18H24N4O3S. The van der Waals surface area contributed by atoms with Gasteiger partial charge in [-0.15, -0.1) is 0 Å². The highest BCUT2D eigenvalue weighted by Crippen LogP contribution is 2.24. The van der Waals surface area contributed by atoms with Crippen LogP contribution in [0.4, 0.5) is 0 Å². The van der Waals surface area contributed by atoms with E-state index in [1.807, 2.05) is 13.0 Å². The minimum Gasteiger partial charge on any atom is -0.379 e. The molecule has 2 aromatic rings. The molecule has 1 aliphatic rings. The smallest absolute Gasteiger partial charge is 0.254 e. The largest absolute Gasteiger partial charge is 0.379 e. The molecule has 8 heteroatoms. The van der Waals surface area contributed by atoms with Crippen LogP contribution in [0.25, 0.3) is 0 Å². The number of pyridine rings is 1. The van der Waals surface area contributed by atoms with Crippen LogP contribution in [0.15, 0.2) is 33.9 Å². The third-order valence-corrected chi connectivity index (χ3v) is 5.32. The van der Waals surface area contributed by atoms with Crippen molar-refractivity contribution in [1.29, 1.82) is 0 Å². The molecule has 26 heavy (non-hydrogen) atoms. The quantitative estimate of drug-likeness (QED) is 0.741. The molecule has 7 nitrogen and oxygen atoms in total. The van der Waals surface area contributed by atoms with Gasteiger partial charge < -0.3 is 14.6 Å². The van der Waals surface area contributed by atoms with Crippen molar-refractivity contribution in [3.8, 4) is 0 Å². The van der Waals surface area contributed by atoms with Crippen molar-refractivity contribution in [1.82, 2.24) is 20.4 Å². The van der Waals surface area contributed by atoms with E-state index in [2.05, 4.69) is 27.3 Å². The fourth-order valence-electron chi connectivity index (χ4n) is 2.79. The number of carbonyl (C=O) groups excluding carboxylic acids is 1. The lowest BCUT2D eigenvalue weighted by atomic mass is 10.2. The minimum atomic E-state index is -0.1000. The maximum atomic E-state index is 12.6. The molecule has 1 unspecified atom stereocenters. The van der Waals surface area contributed by atoms with Crippen molar-refractivity contribution in [3.63, 3.8) is 0 Å². The van der Waals surface area contributed by atoms with E-state index in [4.69, 9.17) is 9.26 Å². The second kappa shape index (κ2) is 9.16. The Hall–Kier alpha value is -1.90. The van der Waals surface area contributed by atoms with E-state index in [0.717, 1.165) is 37.8 Å². The van der Waals surface area contributed by atoms with Gasteiger partial charge in [0, 0.05) is 43.7 Å². The molecule has 1 atom stereocenters. The Morgan fingerprint density at radius 2 is 2.23 bits per heavy atom. The number of rotatable bonds is 7. The van der Waals surface area contributed by atoms with E-state index in [9.17, 15) is 4.79 Å². The molecule has 0 bridgehead atoms. The molecule has 0 radical (unpaired) electrons. The Labute approximate surface area is 157 Å². The zero-order chi connectivity index (χ0) is 18.4. The molecule has 3 heterocycles. The van der Waals surface area contributed by atoms with Gasteiger partial charge in [-0.1, -0.05) is 16.9 Å². The maximum absolute atomic E-state index is 12.6. The number of amides is 1. The lowest BCUT2D eigenvalue weighted by Crippen LogP contribution is -2.47. The summed E-state index contributed by atoms with van der Waals surface area (Å²) in [6.45, 7) is 7.89. The van der Waals surface area contributed by atoms with Gasteiger partial charge in [-0.05, 0) is 26.0 Å². The first-order valence-electron chi connectivity index (χ1n) is 8.73. The summed E-state index contributed by atoms with van der Waals surface area (Å²) in [5.41, 5.74) is 1.43. The van der Waals surface area contributed by atoms with Crippen LogP contribution < -0.4 is 5.32 Å². The van der Waals surface area contributed by atoms with Gasteiger partial charge in [0.25, 0.3) is 5.91 Å². The third-order valence-electron chi connectivity index (χ3n) is 4.28. The number of aryl methyl sites for hydroxylation is 1. The van der Waals surface area contributed by atoms with E-state index in [-0.39, 0.29) is 11.9 Å². The summed E-state index contributed by atoms with van der Waals surface area (Å²) < 4.78 is 10.5. The average molecular weight is 376 g/mol. The number of hydrogen-bond acceptors (Lipinski definition) is 7. The number of nitrogens with zero attached hydrogens (tertiary/aromatic N) is 3. The van der Waals surface area contributed by atoms with Crippen LogP contribution in [-0.4, -0.2) is 59.8 Å². The van der Waals surface area contributed by atoms with Crippen LogP contribution in [-0.2, 0) is 10.5 Å². The first-order valence-corrected chi connectivity index (χ1v) is 9.72. The lowest BCUT2D eigenvalue weighted by Gasteiger charge is -2.32. The molecule has 140 valence electrons. The Bertz CT molecular complexity index is 731. The molecule has 0 spiro atoms. The van der Waals surface area contributed by atoms with Gasteiger partial charge in [0.15, 0.2) is 0 Å².